The second kappa shape index (κ2) is 10.3. The molecule has 2 atom stereocenters. The molecule has 32 heavy (non-hydrogen) atoms. The summed E-state index contributed by atoms with van der Waals surface area (Å²) in [6, 6.07) is 7.00. The molecule has 4 aliphatic rings. The first-order chi connectivity index (χ1) is 15.7. The lowest BCUT2D eigenvalue weighted by atomic mass is 9.83. The summed E-state index contributed by atoms with van der Waals surface area (Å²) in [5.74, 6) is 0.817. The number of amides is 1. The van der Waals surface area contributed by atoms with Gasteiger partial charge in [0.15, 0.2) is 0 Å². The largest absolute Gasteiger partial charge is 0.339 e. The Labute approximate surface area is 198 Å². The Balaban J connectivity index is 1.30. The molecule has 4 nitrogen and oxygen atoms in total. The van der Waals surface area contributed by atoms with Crippen LogP contribution in [-0.2, 0) is 0 Å². The molecule has 1 aromatic carbocycles. The standard InChI is InChI=1S/C27H39N3OS/c1-2-8-23-22-9-4-5-10-25(22)32-26-12-11-20(19-24(26)28-23)27(31)30-17-13-21(14-18-30)29-15-6-3-7-16-29/h11-12,19,21-22,25H,2-10,13-18H2,1H3. The van der Waals surface area contributed by atoms with Gasteiger partial charge in [0.25, 0.3) is 5.91 Å². The number of hydrogen-bond donors (Lipinski definition) is 0. The molecule has 5 heteroatoms. The number of carbonyl (C=O) groups is 1. The van der Waals surface area contributed by atoms with E-state index in [2.05, 4.69) is 34.9 Å². The molecule has 3 fully saturated rings. The number of benzene rings is 1. The Bertz CT molecular complexity index is 839. The summed E-state index contributed by atoms with van der Waals surface area (Å²) < 4.78 is 0. The molecule has 2 unspecified atom stereocenters. The molecule has 1 aromatic rings. The zero-order valence-corrected chi connectivity index (χ0v) is 20.5. The second-order valence-electron chi connectivity index (χ2n) is 10.2. The lowest BCUT2D eigenvalue weighted by Crippen LogP contribution is -2.48. The van der Waals surface area contributed by atoms with Crippen molar-refractivity contribution in [3.8, 4) is 0 Å². The summed E-state index contributed by atoms with van der Waals surface area (Å²) in [7, 11) is 0. The van der Waals surface area contributed by atoms with E-state index < -0.39 is 0 Å². The molecule has 0 N–H and O–H groups in total. The van der Waals surface area contributed by atoms with E-state index in [-0.39, 0.29) is 5.91 Å². The van der Waals surface area contributed by atoms with Gasteiger partial charge in [0.2, 0.25) is 0 Å². The van der Waals surface area contributed by atoms with Crippen LogP contribution in [0.5, 0.6) is 0 Å². The van der Waals surface area contributed by atoms with Crippen molar-refractivity contribution in [2.24, 2.45) is 10.9 Å². The molecular formula is C27H39N3OS. The first kappa shape index (κ1) is 22.5. The van der Waals surface area contributed by atoms with Crippen molar-refractivity contribution in [2.75, 3.05) is 26.2 Å². The minimum atomic E-state index is 0.198. The fourth-order valence-electron chi connectivity index (χ4n) is 6.25. The molecule has 3 heterocycles. The highest BCUT2D eigenvalue weighted by Gasteiger charge is 2.33. The number of thioether (sulfide) groups is 1. The zero-order chi connectivity index (χ0) is 21.9. The van der Waals surface area contributed by atoms with Crippen LogP contribution < -0.4 is 0 Å². The van der Waals surface area contributed by atoms with Gasteiger partial charge in [-0.05, 0) is 76.2 Å². The fraction of sp³-hybridized carbons (Fsp3) is 0.704. The maximum atomic E-state index is 13.4. The molecule has 1 saturated carbocycles. The van der Waals surface area contributed by atoms with Gasteiger partial charge in [0.1, 0.15) is 0 Å². The zero-order valence-electron chi connectivity index (χ0n) is 19.7. The Hall–Kier alpha value is -1.33. The van der Waals surface area contributed by atoms with Crippen LogP contribution in [0.3, 0.4) is 0 Å². The number of nitrogens with zero attached hydrogens (tertiary/aromatic N) is 3. The van der Waals surface area contributed by atoms with Gasteiger partial charge in [-0.2, -0.15) is 0 Å². The van der Waals surface area contributed by atoms with Crippen molar-refractivity contribution in [2.45, 2.75) is 93.7 Å². The van der Waals surface area contributed by atoms with Gasteiger partial charge in [-0.3, -0.25) is 9.79 Å². The van der Waals surface area contributed by atoms with Gasteiger partial charge < -0.3 is 9.80 Å². The van der Waals surface area contributed by atoms with Crippen LogP contribution in [-0.4, -0.2) is 58.9 Å². The second-order valence-corrected chi connectivity index (χ2v) is 11.5. The molecule has 0 spiro atoms. The van der Waals surface area contributed by atoms with Gasteiger partial charge >= 0.3 is 0 Å². The Morgan fingerprint density at radius 2 is 1.78 bits per heavy atom. The van der Waals surface area contributed by atoms with Crippen LogP contribution in [0, 0.1) is 5.92 Å². The average molecular weight is 454 g/mol. The smallest absolute Gasteiger partial charge is 0.253 e. The maximum absolute atomic E-state index is 13.4. The van der Waals surface area contributed by atoms with Gasteiger partial charge in [0.05, 0.1) is 5.69 Å². The number of piperidine rings is 2. The molecule has 0 radical (unpaired) electrons. The molecule has 0 bridgehead atoms. The van der Waals surface area contributed by atoms with Crippen LogP contribution in [0.15, 0.2) is 28.1 Å². The summed E-state index contributed by atoms with van der Waals surface area (Å²) in [6.45, 7) is 6.54. The Morgan fingerprint density at radius 3 is 2.56 bits per heavy atom. The lowest BCUT2D eigenvalue weighted by Gasteiger charge is -2.40. The Kier molecular flexibility index (Phi) is 7.23. The van der Waals surface area contributed by atoms with E-state index in [1.165, 1.54) is 68.6 Å². The quantitative estimate of drug-likeness (QED) is 0.535. The number of rotatable bonds is 4. The number of aliphatic imine (C=N–C) groups is 1. The normalized spacial score (nSPS) is 27.3. The monoisotopic (exact) mass is 453 g/mol. The topological polar surface area (TPSA) is 35.9 Å². The first-order valence-electron chi connectivity index (χ1n) is 13.1. The average Bonchev–Trinajstić information content (AvgIpc) is 3.00. The van der Waals surface area contributed by atoms with E-state index in [4.69, 9.17) is 4.99 Å². The molecule has 0 aromatic heterocycles. The highest BCUT2D eigenvalue weighted by Crippen LogP contribution is 2.45. The summed E-state index contributed by atoms with van der Waals surface area (Å²) in [4.78, 5) is 24.6. The van der Waals surface area contributed by atoms with Crippen LogP contribution in [0.2, 0.25) is 0 Å². The van der Waals surface area contributed by atoms with Gasteiger partial charge in [-0.1, -0.05) is 32.6 Å². The van der Waals surface area contributed by atoms with Crippen LogP contribution in [0.4, 0.5) is 5.69 Å². The molecule has 2 saturated heterocycles. The molecular weight excluding hydrogens is 414 g/mol. The number of fused-ring (bicyclic) bond motifs is 2. The van der Waals surface area contributed by atoms with Crippen molar-refractivity contribution >= 4 is 29.1 Å². The summed E-state index contributed by atoms with van der Waals surface area (Å²) in [5, 5.41) is 0.658. The predicted molar refractivity (Wildman–Crippen MR) is 134 cm³/mol. The highest BCUT2D eigenvalue weighted by molar-refractivity contribution is 8.00. The van der Waals surface area contributed by atoms with Crippen LogP contribution in [0.1, 0.15) is 87.9 Å². The van der Waals surface area contributed by atoms with E-state index in [1.807, 2.05) is 11.8 Å². The molecule has 174 valence electrons. The van der Waals surface area contributed by atoms with E-state index in [1.54, 1.807) is 0 Å². The fourth-order valence-corrected chi connectivity index (χ4v) is 7.69. The third-order valence-electron chi connectivity index (χ3n) is 8.04. The minimum Gasteiger partial charge on any atom is -0.339 e. The van der Waals surface area contributed by atoms with Gasteiger partial charge in [-0.15, -0.1) is 11.8 Å². The van der Waals surface area contributed by atoms with Gasteiger partial charge in [-0.25, -0.2) is 0 Å². The molecule has 1 amide bonds. The van der Waals surface area contributed by atoms with Crippen LogP contribution in [0.25, 0.3) is 0 Å². The lowest BCUT2D eigenvalue weighted by molar-refractivity contribution is 0.0590. The van der Waals surface area contributed by atoms with E-state index in [0.717, 1.165) is 50.0 Å². The number of carbonyl (C=O) groups excluding carboxylic acids is 1. The third kappa shape index (κ3) is 4.79. The summed E-state index contributed by atoms with van der Waals surface area (Å²) in [5.41, 5.74) is 3.25. The van der Waals surface area contributed by atoms with Crippen molar-refractivity contribution in [1.82, 2.24) is 9.80 Å². The summed E-state index contributed by atoms with van der Waals surface area (Å²) in [6.07, 6.45) is 13.8. The Morgan fingerprint density at radius 1 is 1.00 bits per heavy atom. The SMILES string of the molecule is CCCC1=Nc2cc(C(=O)N3CCC(N4CCCCC4)CC3)ccc2SC2CCCCC12. The minimum absolute atomic E-state index is 0.198. The molecule has 1 aliphatic carbocycles. The predicted octanol–water partition coefficient (Wildman–Crippen LogP) is 6.31. The van der Waals surface area contributed by atoms with E-state index in [0.29, 0.717) is 17.2 Å². The van der Waals surface area contributed by atoms with Crippen molar-refractivity contribution < 1.29 is 4.79 Å². The van der Waals surface area contributed by atoms with Gasteiger partial charge in [0, 0.05) is 46.5 Å². The molecule has 3 aliphatic heterocycles. The first-order valence-corrected chi connectivity index (χ1v) is 14.0. The molecule has 5 rings (SSSR count). The summed E-state index contributed by atoms with van der Waals surface area (Å²) >= 11 is 2.02. The highest BCUT2D eigenvalue weighted by atomic mass is 32.2. The van der Waals surface area contributed by atoms with E-state index >= 15 is 0 Å². The van der Waals surface area contributed by atoms with Crippen molar-refractivity contribution in [3.63, 3.8) is 0 Å². The van der Waals surface area contributed by atoms with Crippen LogP contribution >= 0.6 is 11.8 Å². The maximum Gasteiger partial charge on any atom is 0.253 e. The number of hydrogen-bond acceptors (Lipinski definition) is 4. The third-order valence-corrected chi connectivity index (χ3v) is 9.51. The van der Waals surface area contributed by atoms with E-state index in [9.17, 15) is 4.79 Å². The number of likely N-dealkylation sites (tertiary alicyclic amines) is 2. The van der Waals surface area contributed by atoms with Crippen molar-refractivity contribution in [3.05, 3.63) is 23.8 Å². The van der Waals surface area contributed by atoms with Crippen molar-refractivity contribution in [1.29, 1.82) is 0 Å².